The minimum atomic E-state index is -1.04. The summed E-state index contributed by atoms with van der Waals surface area (Å²) in [6.07, 6.45) is 6.02. The molecule has 0 aliphatic rings. The SMILES string of the molecule is C=CCC([C]=O)(C=O)CC=C. The number of rotatable bonds is 6. The van der Waals surface area contributed by atoms with Crippen LogP contribution < -0.4 is 0 Å². The Labute approximate surface area is 66.6 Å². The molecule has 0 aliphatic heterocycles. The highest BCUT2D eigenvalue weighted by molar-refractivity contribution is 5.84. The molecular formula is C9H11O2. The van der Waals surface area contributed by atoms with Crippen LogP contribution in [0.3, 0.4) is 0 Å². The van der Waals surface area contributed by atoms with Gasteiger partial charge in [-0.2, -0.15) is 0 Å². The maximum atomic E-state index is 10.5. The normalized spacial score (nSPS) is 10.2. The Morgan fingerprint density at radius 3 is 1.91 bits per heavy atom. The molecule has 11 heavy (non-hydrogen) atoms. The second-order valence-corrected chi connectivity index (χ2v) is 2.36. The second kappa shape index (κ2) is 4.61. The Kier molecular flexibility index (Phi) is 4.11. The van der Waals surface area contributed by atoms with E-state index < -0.39 is 5.41 Å². The lowest BCUT2D eigenvalue weighted by Gasteiger charge is -2.14. The molecule has 1 radical (unpaired) electrons. The zero-order chi connectivity index (χ0) is 8.74. The maximum absolute atomic E-state index is 10.5. The van der Waals surface area contributed by atoms with Crippen molar-refractivity contribution in [1.82, 2.24) is 0 Å². The van der Waals surface area contributed by atoms with Crippen molar-refractivity contribution in [3.8, 4) is 0 Å². The average molecular weight is 151 g/mol. The van der Waals surface area contributed by atoms with Crippen LogP contribution in [0.15, 0.2) is 25.3 Å². The van der Waals surface area contributed by atoms with Crippen molar-refractivity contribution < 1.29 is 9.59 Å². The van der Waals surface area contributed by atoms with Gasteiger partial charge in [-0.25, -0.2) is 0 Å². The topological polar surface area (TPSA) is 34.1 Å². The number of carbonyl (C=O) groups excluding carboxylic acids is 2. The number of carbonyl (C=O) groups is 1. The zero-order valence-electron chi connectivity index (χ0n) is 6.38. The molecular weight excluding hydrogens is 140 g/mol. The number of hydrogen-bond acceptors (Lipinski definition) is 2. The molecule has 0 aliphatic carbocycles. The summed E-state index contributed by atoms with van der Waals surface area (Å²) in [5.74, 6) is 0. The highest BCUT2D eigenvalue weighted by Crippen LogP contribution is 2.21. The fourth-order valence-electron chi connectivity index (χ4n) is 0.802. The molecule has 0 rings (SSSR count). The number of hydrogen-bond donors (Lipinski definition) is 0. The molecule has 0 aromatic rings. The Bertz CT molecular complexity index is 150. The summed E-state index contributed by atoms with van der Waals surface area (Å²) in [5.41, 5.74) is -1.04. The van der Waals surface area contributed by atoms with Crippen LogP contribution in [-0.2, 0) is 9.59 Å². The molecule has 0 saturated heterocycles. The third-order valence-corrected chi connectivity index (χ3v) is 1.45. The van der Waals surface area contributed by atoms with E-state index in [4.69, 9.17) is 0 Å². The van der Waals surface area contributed by atoms with Gasteiger partial charge in [0.25, 0.3) is 0 Å². The molecule has 0 aromatic heterocycles. The van der Waals surface area contributed by atoms with Crippen LogP contribution >= 0.6 is 0 Å². The molecule has 0 N–H and O–H groups in total. The van der Waals surface area contributed by atoms with Gasteiger partial charge in [0, 0.05) is 0 Å². The minimum Gasteiger partial charge on any atom is -0.302 e. The lowest BCUT2D eigenvalue weighted by molar-refractivity contribution is -0.113. The molecule has 0 spiro atoms. The highest BCUT2D eigenvalue weighted by Gasteiger charge is 2.27. The molecule has 0 bridgehead atoms. The summed E-state index contributed by atoms with van der Waals surface area (Å²) in [5, 5.41) is 0. The summed E-state index contributed by atoms with van der Waals surface area (Å²) < 4.78 is 0. The molecule has 0 amide bonds. The average Bonchev–Trinajstić information content (AvgIpc) is 2.04. The molecule has 2 nitrogen and oxygen atoms in total. The minimum absolute atomic E-state index is 0.325. The maximum Gasteiger partial charge on any atom is 0.213 e. The molecule has 0 heterocycles. The van der Waals surface area contributed by atoms with E-state index in [9.17, 15) is 9.59 Å². The van der Waals surface area contributed by atoms with Crippen LogP contribution in [-0.4, -0.2) is 12.6 Å². The van der Waals surface area contributed by atoms with E-state index in [1.54, 1.807) is 6.29 Å². The fourth-order valence-corrected chi connectivity index (χ4v) is 0.802. The summed E-state index contributed by atoms with van der Waals surface area (Å²) in [6, 6.07) is 0. The van der Waals surface area contributed by atoms with Crippen molar-refractivity contribution in [2.24, 2.45) is 5.41 Å². The van der Waals surface area contributed by atoms with Crippen molar-refractivity contribution in [2.75, 3.05) is 0 Å². The standard InChI is InChI=1S/C9H11O2/c1-3-5-9(7-10,8-11)6-4-2/h3-4,7H,1-2,5-6H2. The van der Waals surface area contributed by atoms with Crippen LogP contribution in [0.4, 0.5) is 0 Å². The van der Waals surface area contributed by atoms with Crippen LogP contribution in [0.25, 0.3) is 0 Å². The van der Waals surface area contributed by atoms with Crippen molar-refractivity contribution in [1.29, 1.82) is 0 Å². The molecule has 0 fully saturated rings. The monoisotopic (exact) mass is 151 g/mol. The van der Waals surface area contributed by atoms with Gasteiger partial charge in [0.2, 0.25) is 6.29 Å². The van der Waals surface area contributed by atoms with Gasteiger partial charge >= 0.3 is 0 Å². The van der Waals surface area contributed by atoms with Crippen LogP contribution in [0.5, 0.6) is 0 Å². The van der Waals surface area contributed by atoms with Gasteiger partial charge < -0.3 is 4.79 Å². The second-order valence-electron chi connectivity index (χ2n) is 2.36. The fraction of sp³-hybridized carbons (Fsp3) is 0.333. The van der Waals surface area contributed by atoms with E-state index >= 15 is 0 Å². The van der Waals surface area contributed by atoms with Gasteiger partial charge in [-0.15, -0.1) is 13.2 Å². The summed E-state index contributed by atoms with van der Waals surface area (Å²) >= 11 is 0. The van der Waals surface area contributed by atoms with E-state index in [1.165, 1.54) is 12.2 Å². The molecule has 0 saturated carbocycles. The number of aldehydes is 1. The molecule has 0 atom stereocenters. The largest absolute Gasteiger partial charge is 0.302 e. The molecule has 59 valence electrons. The smallest absolute Gasteiger partial charge is 0.213 e. The van der Waals surface area contributed by atoms with E-state index in [-0.39, 0.29) is 0 Å². The van der Waals surface area contributed by atoms with Gasteiger partial charge in [-0.05, 0) is 12.8 Å². The van der Waals surface area contributed by atoms with Crippen molar-refractivity contribution in [3.05, 3.63) is 25.3 Å². The predicted molar refractivity (Wildman–Crippen MR) is 43.8 cm³/mol. The Balaban J connectivity index is 4.42. The first-order valence-corrected chi connectivity index (χ1v) is 3.32. The van der Waals surface area contributed by atoms with Gasteiger partial charge in [0.15, 0.2) is 0 Å². The van der Waals surface area contributed by atoms with Gasteiger partial charge in [0.05, 0.1) is 5.41 Å². The molecule has 0 unspecified atom stereocenters. The van der Waals surface area contributed by atoms with Crippen molar-refractivity contribution in [2.45, 2.75) is 12.8 Å². The van der Waals surface area contributed by atoms with Crippen molar-refractivity contribution >= 4 is 12.6 Å². The molecule has 0 aromatic carbocycles. The van der Waals surface area contributed by atoms with E-state index in [2.05, 4.69) is 13.2 Å². The van der Waals surface area contributed by atoms with Crippen LogP contribution in [0, 0.1) is 5.41 Å². The summed E-state index contributed by atoms with van der Waals surface area (Å²) in [6.45, 7) is 6.90. The van der Waals surface area contributed by atoms with Gasteiger partial charge in [-0.1, -0.05) is 12.2 Å². The Hall–Kier alpha value is -1.18. The zero-order valence-corrected chi connectivity index (χ0v) is 6.38. The Morgan fingerprint density at radius 2 is 1.73 bits per heavy atom. The van der Waals surface area contributed by atoms with Crippen molar-refractivity contribution in [3.63, 3.8) is 0 Å². The predicted octanol–water partition coefficient (Wildman–Crippen LogP) is 1.43. The number of allylic oxidation sites excluding steroid dienone is 2. The van der Waals surface area contributed by atoms with Crippen LogP contribution in [0.1, 0.15) is 12.8 Å². The summed E-state index contributed by atoms with van der Waals surface area (Å²) in [7, 11) is 0. The third kappa shape index (κ3) is 2.50. The molecule has 2 heteroatoms. The summed E-state index contributed by atoms with van der Waals surface area (Å²) in [4.78, 5) is 20.9. The quantitative estimate of drug-likeness (QED) is 0.327. The van der Waals surface area contributed by atoms with E-state index in [0.717, 1.165) is 0 Å². The van der Waals surface area contributed by atoms with E-state index in [0.29, 0.717) is 19.1 Å². The van der Waals surface area contributed by atoms with Crippen LogP contribution in [0.2, 0.25) is 0 Å². The lowest BCUT2D eigenvalue weighted by Crippen LogP contribution is -2.22. The first-order valence-electron chi connectivity index (χ1n) is 3.32. The van der Waals surface area contributed by atoms with Gasteiger partial charge in [-0.3, -0.25) is 4.79 Å². The third-order valence-electron chi connectivity index (χ3n) is 1.45. The highest BCUT2D eigenvalue weighted by atomic mass is 16.1. The first kappa shape index (κ1) is 9.82. The van der Waals surface area contributed by atoms with Gasteiger partial charge in [0.1, 0.15) is 6.29 Å². The lowest BCUT2D eigenvalue weighted by atomic mass is 9.84. The van der Waals surface area contributed by atoms with E-state index in [1.807, 2.05) is 0 Å². The Morgan fingerprint density at radius 1 is 1.27 bits per heavy atom. The first-order chi connectivity index (χ1) is 5.24.